The highest BCUT2D eigenvalue weighted by molar-refractivity contribution is 5.86. The van der Waals surface area contributed by atoms with Crippen molar-refractivity contribution in [2.24, 2.45) is 28.6 Å². The van der Waals surface area contributed by atoms with Crippen LogP contribution in [0.5, 0.6) is 0 Å². The molecule has 27 heavy (non-hydrogen) atoms. The van der Waals surface area contributed by atoms with E-state index in [1.54, 1.807) is 17.7 Å². The van der Waals surface area contributed by atoms with Gasteiger partial charge in [0.2, 0.25) is 5.76 Å². The minimum atomic E-state index is -0.301. The lowest BCUT2D eigenvalue weighted by molar-refractivity contribution is -0.0714. The maximum atomic E-state index is 12.5. The van der Waals surface area contributed by atoms with Crippen LogP contribution in [0, 0.1) is 28.6 Å². The van der Waals surface area contributed by atoms with Gasteiger partial charge < -0.3 is 9.15 Å². The summed E-state index contributed by atoms with van der Waals surface area (Å²) in [6.07, 6.45) is 17.1. The topological polar surface area (TPSA) is 39.4 Å². The molecule has 1 aromatic heterocycles. The van der Waals surface area contributed by atoms with Crippen LogP contribution in [0.3, 0.4) is 0 Å². The molecule has 0 spiro atoms. The lowest BCUT2D eigenvalue weighted by Gasteiger charge is -2.56. The Morgan fingerprint density at radius 2 is 2.07 bits per heavy atom. The summed E-state index contributed by atoms with van der Waals surface area (Å²) in [6, 6.07) is 3.44. The standard InChI is InChI=1S/C24H30O3/c1-23-13-4-3-6-16(23)8-9-17-18-10-11-21(24(18,2)14-12-19(17)23)27-22(25)20-7-5-15-26-20/h4-7,13,15,17-19,21H,3,8-12,14H2,1-2H3/t17-,18-,19-,21?,23-,24-/m0/s1. The monoisotopic (exact) mass is 366 g/mol. The second-order valence-electron chi connectivity index (χ2n) is 9.56. The molecule has 4 aliphatic carbocycles. The Morgan fingerprint density at radius 1 is 1.19 bits per heavy atom. The number of ether oxygens (including phenoxy) is 1. The normalized spacial score (nSPS) is 42.7. The van der Waals surface area contributed by atoms with Gasteiger partial charge in [-0.3, -0.25) is 0 Å². The summed E-state index contributed by atoms with van der Waals surface area (Å²) in [6.45, 7) is 4.85. The smallest absolute Gasteiger partial charge is 0.374 e. The van der Waals surface area contributed by atoms with Crippen molar-refractivity contribution in [1.82, 2.24) is 0 Å². The Balaban J connectivity index is 1.38. The number of esters is 1. The molecule has 6 atom stereocenters. The summed E-state index contributed by atoms with van der Waals surface area (Å²) in [7, 11) is 0. The molecule has 1 heterocycles. The summed E-state index contributed by atoms with van der Waals surface area (Å²) in [5.41, 5.74) is 2.04. The van der Waals surface area contributed by atoms with Gasteiger partial charge in [-0.25, -0.2) is 4.79 Å². The third-order valence-corrected chi connectivity index (χ3v) is 8.50. The van der Waals surface area contributed by atoms with Gasteiger partial charge in [0, 0.05) is 10.8 Å². The Morgan fingerprint density at radius 3 is 2.89 bits per heavy atom. The molecule has 0 radical (unpaired) electrons. The number of furan rings is 1. The summed E-state index contributed by atoms with van der Waals surface area (Å²) in [5.74, 6) is 2.18. The highest BCUT2D eigenvalue weighted by Gasteiger charge is 2.59. The molecule has 144 valence electrons. The van der Waals surface area contributed by atoms with Crippen molar-refractivity contribution in [3.63, 3.8) is 0 Å². The molecule has 1 unspecified atom stereocenters. The quantitative estimate of drug-likeness (QED) is 0.481. The number of carbonyl (C=O) groups excluding carboxylic acids is 1. The zero-order valence-corrected chi connectivity index (χ0v) is 16.4. The number of carbonyl (C=O) groups is 1. The van der Waals surface area contributed by atoms with Crippen molar-refractivity contribution in [3.8, 4) is 0 Å². The molecule has 3 fully saturated rings. The molecule has 3 nitrogen and oxygen atoms in total. The SMILES string of the molecule is C[C@]12C=CCC=C1CC[C@@H]1[C@@H]2CC[C@]2(C)C(OC(=O)c3ccco3)CC[C@@H]12. The van der Waals surface area contributed by atoms with Crippen LogP contribution >= 0.6 is 0 Å². The maximum Gasteiger partial charge on any atom is 0.374 e. The Kier molecular flexibility index (Phi) is 3.93. The Bertz CT molecular complexity index is 789. The molecule has 0 amide bonds. The van der Waals surface area contributed by atoms with Crippen LogP contribution < -0.4 is 0 Å². The van der Waals surface area contributed by atoms with Gasteiger partial charge in [-0.15, -0.1) is 0 Å². The van der Waals surface area contributed by atoms with Crippen molar-refractivity contribution in [3.05, 3.63) is 48.0 Å². The van der Waals surface area contributed by atoms with E-state index in [2.05, 4.69) is 32.1 Å². The van der Waals surface area contributed by atoms with Crippen molar-refractivity contribution < 1.29 is 13.9 Å². The molecule has 3 saturated carbocycles. The van der Waals surface area contributed by atoms with Crippen LogP contribution in [0.1, 0.15) is 69.3 Å². The largest absolute Gasteiger partial charge is 0.457 e. The first-order valence-corrected chi connectivity index (χ1v) is 10.6. The van der Waals surface area contributed by atoms with Gasteiger partial charge in [0.15, 0.2) is 0 Å². The van der Waals surface area contributed by atoms with E-state index in [4.69, 9.17) is 9.15 Å². The minimum Gasteiger partial charge on any atom is -0.457 e. The zero-order valence-electron chi connectivity index (χ0n) is 16.4. The summed E-state index contributed by atoms with van der Waals surface area (Å²) < 4.78 is 11.2. The van der Waals surface area contributed by atoms with E-state index in [0.29, 0.717) is 11.7 Å². The van der Waals surface area contributed by atoms with Gasteiger partial charge in [-0.1, -0.05) is 37.6 Å². The number of rotatable bonds is 2. The molecule has 3 heteroatoms. The van der Waals surface area contributed by atoms with Crippen molar-refractivity contribution in [2.75, 3.05) is 0 Å². The van der Waals surface area contributed by atoms with Gasteiger partial charge in [0.05, 0.1) is 6.26 Å². The zero-order chi connectivity index (χ0) is 18.6. The molecule has 0 N–H and O–H groups in total. The molecule has 1 aromatic rings. The van der Waals surface area contributed by atoms with Gasteiger partial charge in [0.25, 0.3) is 0 Å². The van der Waals surface area contributed by atoms with Gasteiger partial charge >= 0.3 is 5.97 Å². The third-order valence-electron chi connectivity index (χ3n) is 8.50. The molecule has 4 aliphatic rings. The van der Waals surface area contributed by atoms with Crippen LogP contribution in [-0.4, -0.2) is 12.1 Å². The van der Waals surface area contributed by atoms with Gasteiger partial charge in [-0.05, 0) is 74.8 Å². The molecule has 0 bridgehead atoms. The van der Waals surface area contributed by atoms with Crippen LogP contribution in [-0.2, 0) is 4.74 Å². The lowest BCUT2D eigenvalue weighted by Crippen LogP contribution is -2.50. The van der Waals surface area contributed by atoms with Crippen LogP contribution in [0.15, 0.2) is 46.6 Å². The molecule has 0 aliphatic heterocycles. The third kappa shape index (κ3) is 2.50. The number of hydrogen-bond acceptors (Lipinski definition) is 3. The molecule has 0 saturated heterocycles. The maximum absolute atomic E-state index is 12.5. The fraction of sp³-hybridized carbons (Fsp3) is 0.625. The summed E-state index contributed by atoms with van der Waals surface area (Å²) in [5, 5.41) is 0. The average Bonchev–Trinajstić information content (AvgIpc) is 3.30. The number of fused-ring (bicyclic) bond motifs is 5. The Hall–Kier alpha value is -1.77. The fourth-order valence-corrected chi connectivity index (χ4v) is 7.07. The van der Waals surface area contributed by atoms with Crippen molar-refractivity contribution in [1.29, 1.82) is 0 Å². The first-order chi connectivity index (χ1) is 13.0. The van der Waals surface area contributed by atoms with E-state index in [-0.39, 0.29) is 22.9 Å². The molecule has 5 rings (SSSR count). The first-order valence-electron chi connectivity index (χ1n) is 10.6. The highest BCUT2D eigenvalue weighted by Crippen LogP contribution is 2.65. The molecular formula is C24H30O3. The van der Waals surface area contributed by atoms with Crippen molar-refractivity contribution >= 4 is 5.97 Å². The second kappa shape index (κ2) is 6.12. The van der Waals surface area contributed by atoms with E-state index in [1.165, 1.54) is 31.9 Å². The molecule has 0 aromatic carbocycles. The Labute approximate surface area is 161 Å². The predicted octanol–water partition coefficient (Wildman–Crippen LogP) is 5.93. The summed E-state index contributed by atoms with van der Waals surface area (Å²) >= 11 is 0. The average molecular weight is 367 g/mol. The van der Waals surface area contributed by atoms with E-state index in [1.807, 2.05) is 0 Å². The van der Waals surface area contributed by atoms with E-state index in [9.17, 15) is 4.79 Å². The number of hydrogen-bond donors (Lipinski definition) is 0. The predicted molar refractivity (Wildman–Crippen MR) is 104 cm³/mol. The van der Waals surface area contributed by atoms with Gasteiger partial charge in [0.1, 0.15) is 6.10 Å². The van der Waals surface area contributed by atoms with Crippen molar-refractivity contribution in [2.45, 2.75) is 64.9 Å². The minimum absolute atomic E-state index is 0.0210. The first kappa shape index (κ1) is 17.3. The van der Waals surface area contributed by atoms with E-state index >= 15 is 0 Å². The van der Waals surface area contributed by atoms with Gasteiger partial charge in [-0.2, -0.15) is 0 Å². The lowest BCUT2D eigenvalue weighted by atomic mass is 9.48. The van der Waals surface area contributed by atoms with Crippen LogP contribution in [0.25, 0.3) is 0 Å². The van der Waals surface area contributed by atoms with Crippen LogP contribution in [0.2, 0.25) is 0 Å². The van der Waals surface area contributed by atoms with E-state index in [0.717, 1.165) is 31.1 Å². The summed E-state index contributed by atoms with van der Waals surface area (Å²) in [4.78, 5) is 12.5. The highest BCUT2D eigenvalue weighted by atomic mass is 16.6. The second-order valence-corrected chi connectivity index (χ2v) is 9.56. The molecular weight excluding hydrogens is 336 g/mol. The number of allylic oxidation sites excluding steroid dienone is 4. The van der Waals surface area contributed by atoms with Crippen LogP contribution in [0.4, 0.5) is 0 Å². The fourth-order valence-electron chi connectivity index (χ4n) is 7.07. The van der Waals surface area contributed by atoms with E-state index < -0.39 is 0 Å².